The molecule has 0 fully saturated rings. The van der Waals surface area contributed by atoms with Crippen LogP contribution in [-0.4, -0.2) is 24.9 Å². The topological polar surface area (TPSA) is 86.9 Å². The molecule has 3 heterocycles. The molecule has 156 valence electrons. The Bertz CT molecular complexity index is 1540. The minimum Gasteiger partial charge on any atom is -0.324 e. The summed E-state index contributed by atoms with van der Waals surface area (Å²) in [5.41, 5.74) is 0.451. The van der Waals surface area contributed by atoms with E-state index in [0.29, 0.717) is 5.56 Å². The molecule has 32 heavy (non-hydrogen) atoms. The summed E-state index contributed by atoms with van der Waals surface area (Å²) in [6, 6.07) is 20.2. The van der Waals surface area contributed by atoms with Gasteiger partial charge in [-0.3, -0.25) is 19.1 Å². The summed E-state index contributed by atoms with van der Waals surface area (Å²) in [6.45, 7) is 0.0491. The van der Waals surface area contributed by atoms with E-state index in [9.17, 15) is 14.4 Å². The zero-order valence-electron chi connectivity index (χ0n) is 17.0. The van der Waals surface area contributed by atoms with Gasteiger partial charge in [-0.2, -0.15) is 4.98 Å². The van der Waals surface area contributed by atoms with Crippen LogP contribution in [0.25, 0.3) is 22.2 Å². The molecule has 0 radical (unpaired) electrons. The van der Waals surface area contributed by atoms with Gasteiger partial charge in [-0.25, -0.2) is 4.79 Å². The lowest BCUT2D eigenvalue weighted by Gasteiger charge is -2.15. The fourth-order valence-electron chi connectivity index (χ4n) is 3.77. The Hall–Kier alpha value is -4.39. The molecule has 1 aromatic heterocycles. The number of carbonyl (C=O) groups excluding carboxylic acids is 1. The van der Waals surface area contributed by atoms with E-state index in [1.165, 1.54) is 0 Å². The van der Waals surface area contributed by atoms with Crippen LogP contribution < -0.4 is 11.2 Å². The monoisotopic (exact) mass is 422 g/mol. The predicted octanol–water partition coefficient (Wildman–Crippen LogP) is 2.99. The molecule has 0 unspecified atom stereocenters. The van der Waals surface area contributed by atoms with E-state index in [2.05, 4.69) is 9.97 Å². The van der Waals surface area contributed by atoms with Crippen LogP contribution in [0, 0.1) is 0 Å². The van der Waals surface area contributed by atoms with Crippen LogP contribution in [0.3, 0.4) is 0 Å². The van der Waals surface area contributed by atoms with Crippen molar-refractivity contribution in [2.75, 3.05) is 0 Å². The number of rotatable bonds is 5. The number of benzene rings is 2. The molecule has 0 atom stereocenters. The third kappa shape index (κ3) is 3.60. The molecule has 0 saturated heterocycles. The van der Waals surface area contributed by atoms with Gasteiger partial charge in [-0.1, -0.05) is 42.5 Å². The van der Waals surface area contributed by atoms with Gasteiger partial charge in [0.15, 0.2) is 11.6 Å². The Morgan fingerprint density at radius 3 is 2.56 bits per heavy atom. The first kappa shape index (κ1) is 19.6. The van der Waals surface area contributed by atoms with Gasteiger partial charge in [0.1, 0.15) is 0 Å². The summed E-state index contributed by atoms with van der Waals surface area (Å²) in [4.78, 5) is 46.8. The van der Waals surface area contributed by atoms with E-state index in [-0.39, 0.29) is 30.3 Å². The maximum atomic E-state index is 13.0. The number of Topliss-reactive ketones (excluding diaryl/α,β-unsaturated/α-hetero) is 1. The minimum atomic E-state index is -0.663. The normalized spacial score (nSPS) is 11.1. The predicted molar refractivity (Wildman–Crippen MR) is 121 cm³/mol. The summed E-state index contributed by atoms with van der Waals surface area (Å²) in [5.74, 6) is 0.0566. The van der Waals surface area contributed by atoms with Crippen molar-refractivity contribution in [3.8, 4) is 11.4 Å². The van der Waals surface area contributed by atoms with Crippen LogP contribution in [-0.2, 0) is 13.1 Å². The second kappa shape index (κ2) is 8.03. The van der Waals surface area contributed by atoms with Crippen LogP contribution in [0.2, 0.25) is 0 Å². The number of fused-ring (bicyclic) bond motifs is 2. The van der Waals surface area contributed by atoms with Gasteiger partial charge in [0.25, 0.3) is 5.56 Å². The first-order chi connectivity index (χ1) is 15.6. The largest absolute Gasteiger partial charge is 0.352 e. The van der Waals surface area contributed by atoms with Gasteiger partial charge in [-0.05, 0) is 40.6 Å². The average molecular weight is 422 g/mol. The fourth-order valence-corrected chi connectivity index (χ4v) is 3.77. The number of aromatic nitrogens is 4. The molecular weight excluding hydrogens is 404 g/mol. The van der Waals surface area contributed by atoms with Crippen LogP contribution in [0.15, 0.2) is 94.9 Å². The third-order valence-corrected chi connectivity index (χ3v) is 5.40. The maximum absolute atomic E-state index is 13.0. The molecule has 7 heteroatoms. The van der Waals surface area contributed by atoms with Gasteiger partial charge < -0.3 is 4.57 Å². The number of ketones is 1. The van der Waals surface area contributed by atoms with E-state index in [1.807, 2.05) is 36.4 Å². The Morgan fingerprint density at radius 1 is 0.906 bits per heavy atom. The first-order valence-corrected chi connectivity index (χ1v) is 10.1. The Balaban J connectivity index is 1.51. The quantitative estimate of drug-likeness (QED) is 0.407. The lowest BCUT2D eigenvalue weighted by molar-refractivity contribution is 0.0972. The highest BCUT2D eigenvalue weighted by Crippen LogP contribution is 2.18. The summed E-state index contributed by atoms with van der Waals surface area (Å²) in [7, 11) is 0. The van der Waals surface area contributed by atoms with Gasteiger partial charge in [-0.15, -0.1) is 0 Å². The molecule has 7 nitrogen and oxygen atoms in total. The molecule has 5 rings (SSSR count). The van der Waals surface area contributed by atoms with E-state index in [4.69, 9.17) is 0 Å². The molecule has 0 bridgehead atoms. The van der Waals surface area contributed by atoms with E-state index in [0.717, 1.165) is 20.9 Å². The fraction of sp³-hybridized carbons (Fsp3) is 0.0800. The number of pyridine rings is 2. The molecule has 0 spiro atoms. The Morgan fingerprint density at radius 2 is 1.75 bits per heavy atom. The van der Waals surface area contributed by atoms with Crippen molar-refractivity contribution < 1.29 is 4.79 Å². The highest BCUT2D eigenvalue weighted by Gasteiger charge is 2.19. The summed E-state index contributed by atoms with van der Waals surface area (Å²) < 4.78 is 2.62. The molecular formula is C25H18N4O3. The second-order valence-corrected chi connectivity index (χ2v) is 7.51. The molecule has 0 amide bonds. The van der Waals surface area contributed by atoms with Gasteiger partial charge in [0.05, 0.1) is 18.7 Å². The highest BCUT2D eigenvalue weighted by molar-refractivity contribution is 6.00. The molecule has 0 aliphatic carbocycles. The lowest BCUT2D eigenvalue weighted by Crippen LogP contribution is -2.38. The SMILES string of the molecule is O=C(Cn1cccc2c(=O)n(Cc3cccnc3)c(=O)nc1-2)c1ccc2ccccc2c1. The number of hydrogen-bond donors (Lipinski definition) is 0. The van der Waals surface area contributed by atoms with E-state index >= 15 is 0 Å². The molecule has 3 aromatic rings. The Labute approximate surface area is 182 Å². The zero-order valence-corrected chi connectivity index (χ0v) is 17.0. The molecule has 0 saturated carbocycles. The van der Waals surface area contributed by atoms with Gasteiger partial charge >= 0.3 is 5.69 Å². The first-order valence-electron chi connectivity index (χ1n) is 10.1. The van der Waals surface area contributed by atoms with Crippen molar-refractivity contribution >= 4 is 16.6 Å². The molecule has 2 aliphatic heterocycles. The van der Waals surface area contributed by atoms with Crippen molar-refractivity contribution in [1.82, 2.24) is 19.1 Å². The molecule has 2 aromatic carbocycles. The maximum Gasteiger partial charge on any atom is 0.352 e. The number of nitrogens with zero attached hydrogens (tertiary/aromatic N) is 4. The van der Waals surface area contributed by atoms with Crippen molar-refractivity contribution in [1.29, 1.82) is 0 Å². The van der Waals surface area contributed by atoms with Crippen molar-refractivity contribution in [3.63, 3.8) is 0 Å². The smallest absolute Gasteiger partial charge is 0.324 e. The van der Waals surface area contributed by atoms with Crippen LogP contribution in [0.4, 0.5) is 0 Å². The average Bonchev–Trinajstić information content (AvgIpc) is 2.82. The van der Waals surface area contributed by atoms with E-state index in [1.54, 1.807) is 53.5 Å². The van der Waals surface area contributed by atoms with Crippen LogP contribution in [0.5, 0.6) is 0 Å². The van der Waals surface area contributed by atoms with Crippen LogP contribution in [0.1, 0.15) is 15.9 Å². The van der Waals surface area contributed by atoms with Gasteiger partial charge in [0, 0.05) is 24.2 Å². The highest BCUT2D eigenvalue weighted by atomic mass is 16.2. The minimum absolute atomic E-state index is 0.0336. The van der Waals surface area contributed by atoms with Crippen LogP contribution >= 0.6 is 0 Å². The molecule has 0 N–H and O–H groups in total. The van der Waals surface area contributed by atoms with Crippen molar-refractivity contribution in [2.45, 2.75) is 13.1 Å². The third-order valence-electron chi connectivity index (χ3n) is 5.40. The van der Waals surface area contributed by atoms with Crippen molar-refractivity contribution in [3.05, 3.63) is 117 Å². The number of carbonyl (C=O) groups is 1. The summed E-state index contributed by atoms with van der Waals surface area (Å²) >= 11 is 0. The van der Waals surface area contributed by atoms with Gasteiger partial charge in [0.2, 0.25) is 0 Å². The summed E-state index contributed by atoms with van der Waals surface area (Å²) in [5, 5.41) is 2.02. The zero-order chi connectivity index (χ0) is 22.1. The lowest BCUT2D eigenvalue weighted by atomic mass is 10.0. The second-order valence-electron chi connectivity index (χ2n) is 7.51. The standard InChI is InChI=1S/C25H18N4O3/c30-22(20-10-9-18-6-1-2-7-19(18)13-20)16-28-12-4-8-21-23(28)27-25(32)29(24(21)31)15-17-5-3-11-26-14-17/h1-14H,15-16H2. The number of hydrogen-bond acceptors (Lipinski definition) is 5. The van der Waals surface area contributed by atoms with Crippen molar-refractivity contribution in [2.24, 2.45) is 0 Å². The van der Waals surface area contributed by atoms with E-state index < -0.39 is 11.2 Å². The molecule has 2 aliphatic rings. The summed E-state index contributed by atoms with van der Waals surface area (Å²) in [6.07, 6.45) is 4.88. The Kier molecular flexibility index (Phi) is 4.91.